The molecule has 0 aliphatic rings. The van der Waals surface area contributed by atoms with Crippen LogP contribution in [0.25, 0.3) is 17.0 Å². The molecule has 0 aliphatic carbocycles. The maximum atomic E-state index is 11.7. The first-order chi connectivity index (χ1) is 9.70. The van der Waals surface area contributed by atoms with Gasteiger partial charge in [-0.05, 0) is 30.3 Å². The third-order valence-corrected chi connectivity index (χ3v) is 3.74. The molecule has 20 heavy (non-hydrogen) atoms. The van der Waals surface area contributed by atoms with Crippen molar-refractivity contribution in [3.05, 3.63) is 52.2 Å². The first-order valence-electron chi connectivity index (χ1n) is 5.78. The van der Waals surface area contributed by atoms with Gasteiger partial charge in [-0.15, -0.1) is 11.3 Å². The summed E-state index contributed by atoms with van der Waals surface area (Å²) in [5.74, 6) is 0.397. The molecule has 0 radical (unpaired) electrons. The molecule has 1 amide bonds. The van der Waals surface area contributed by atoms with Crippen LogP contribution in [0.5, 0.6) is 0 Å². The SMILES string of the molecule is O=C(C=Cc1cc2cc(Br)ccc2o1)Nc1nccs1. The van der Waals surface area contributed by atoms with Gasteiger partial charge >= 0.3 is 0 Å². The van der Waals surface area contributed by atoms with E-state index in [1.807, 2.05) is 24.3 Å². The van der Waals surface area contributed by atoms with Crippen LogP contribution in [0.3, 0.4) is 0 Å². The summed E-state index contributed by atoms with van der Waals surface area (Å²) in [5.41, 5.74) is 0.785. The molecular formula is C14H9BrN2O2S. The van der Waals surface area contributed by atoms with Gasteiger partial charge in [0, 0.05) is 27.5 Å². The molecule has 3 aromatic rings. The first-order valence-corrected chi connectivity index (χ1v) is 7.46. The van der Waals surface area contributed by atoms with Crippen LogP contribution in [0.2, 0.25) is 0 Å². The Labute approximate surface area is 127 Å². The lowest BCUT2D eigenvalue weighted by Crippen LogP contribution is -2.06. The van der Waals surface area contributed by atoms with Crippen LogP contribution in [0.15, 0.2) is 50.8 Å². The van der Waals surface area contributed by atoms with Crippen molar-refractivity contribution < 1.29 is 9.21 Å². The number of fused-ring (bicyclic) bond motifs is 1. The Bertz CT molecular complexity index is 778. The molecule has 0 saturated carbocycles. The van der Waals surface area contributed by atoms with Gasteiger partial charge in [0.05, 0.1) is 0 Å². The fourth-order valence-electron chi connectivity index (χ4n) is 1.71. The molecule has 4 nitrogen and oxygen atoms in total. The molecule has 0 spiro atoms. The van der Waals surface area contributed by atoms with E-state index in [4.69, 9.17) is 4.42 Å². The van der Waals surface area contributed by atoms with E-state index in [-0.39, 0.29) is 5.91 Å². The minimum atomic E-state index is -0.235. The highest BCUT2D eigenvalue weighted by Gasteiger charge is 2.03. The second-order valence-corrected chi connectivity index (χ2v) is 5.80. The molecule has 100 valence electrons. The lowest BCUT2D eigenvalue weighted by Gasteiger charge is -1.93. The molecular weight excluding hydrogens is 340 g/mol. The second-order valence-electron chi connectivity index (χ2n) is 3.99. The number of amides is 1. The first kappa shape index (κ1) is 13.1. The molecule has 0 aliphatic heterocycles. The molecule has 0 bridgehead atoms. The van der Waals surface area contributed by atoms with Gasteiger partial charge in [-0.1, -0.05) is 15.9 Å². The van der Waals surface area contributed by atoms with E-state index in [1.165, 1.54) is 17.4 Å². The van der Waals surface area contributed by atoms with E-state index in [2.05, 4.69) is 26.2 Å². The number of carbonyl (C=O) groups excluding carboxylic acids is 1. The summed E-state index contributed by atoms with van der Waals surface area (Å²) in [7, 11) is 0. The predicted octanol–water partition coefficient (Wildman–Crippen LogP) is 4.30. The zero-order valence-corrected chi connectivity index (χ0v) is 12.6. The maximum Gasteiger partial charge on any atom is 0.250 e. The van der Waals surface area contributed by atoms with Crippen molar-refractivity contribution >= 4 is 55.4 Å². The van der Waals surface area contributed by atoms with E-state index in [0.717, 1.165) is 15.4 Å². The quantitative estimate of drug-likeness (QED) is 0.717. The maximum absolute atomic E-state index is 11.7. The number of furan rings is 1. The Morgan fingerprint density at radius 1 is 1.40 bits per heavy atom. The highest BCUT2D eigenvalue weighted by atomic mass is 79.9. The number of thiazole rings is 1. The summed E-state index contributed by atoms with van der Waals surface area (Å²) < 4.78 is 6.60. The molecule has 3 rings (SSSR count). The minimum absolute atomic E-state index is 0.235. The van der Waals surface area contributed by atoms with Crippen molar-refractivity contribution in [2.75, 3.05) is 5.32 Å². The van der Waals surface area contributed by atoms with Crippen molar-refractivity contribution in [2.45, 2.75) is 0 Å². The normalized spacial score (nSPS) is 11.2. The summed E-state index contributed by atoms with van der Waals surface area (Å²) in [6.07, 6.45) is 4.70. The average Bonchev–Trinajstić information content (AvgIpc) is 3.04. The van der Waals surface area contributed by atoms with Crippen LogP contribution in [-0.2, 0) is 4.79 Å². The average molecular weight is 349 g/mol. The molecule has 2 heterocycles. The van der Waals surface area contributed by atoms with Crippen molar-refractivity contribution in [1.29, 1.82) is 0 Å². The zero-order valence-electron chi connectivity index (χ0n) is 10.2. The Hall–Kier alpha value is -1.92. The van der Waals surface area contributed by atoms with Crippen molar-refractivity contribution in [1.82, 2.24) is 4.98 Å². The summed E-state index contributed by atoms with van der Waals surface area (Å²) in [5, 5.41) is 6.03. The van der Waals surface area contributed by atoms with E-state index < -0.39 is 0 Å². The number of aromatic nitrogens is 1. The van der Waals surface area contributed by atoms with Gasteiger partial charge in [0.15, 0.2) is 5.13 Å². The molecule has 6 heteroatoms. The van der Waals surface area contributed by atoms with E-state index in [0.29, 0.717) is 10.9 Å². The second kappa shape index (κ2) is 5.60. The fourth-order valence-corrected chi connectivity index (χ4v) is 2.62. The Morgan fingerprint density at radius 2 is 2.30 bits per heavy atom. The molecule has 0 unspecified atom stereocenters. The van der Waals surface area contributed by atoms with E-state index >= 15 is 0 Å². The Morgan fingerprint density at radius 3 is 3.10 bits per heavy atom. The van der Waals surface area contributed by atoms with Crippen LogP contribution in [0.1, 0.15) is 5.76 Å². The lowest BCUT2D eigenvalue weighted by molar-refractivity contribution is -0.111. The molecule has 0 saturated heterocycles. The summed E-state index contributed by atoms with van der Waals surface area (Å²) in [6.45, 7) is 0. The van der Waals surface area contributed by atoms with Crippen molar-refractivity contribution in [3.63, 3.8) is 0 Å². The molecule has 1 N–H and O–H groups in total. The summed E-state index contributed by atoms with van der Waals surface area (Å²) in [6, 6.07) is 7.64. The fraction of sp³-hybridized carbons (Fsp3) is 0. The van der Waals surface area contributed by atoms with Crippen LogP contribution >= 0.6 is 27.3 Å². The van der Waals surface area contributed by atoms with Gasteiger partial charge in [-0.2, -0.15) is 0 Å². The molecule has 0 atom stereocenters. The van der Waals surface area contributed by atoms with Crippen LogP contribution in [-0.4, -0.2) is 10.9 Å². The van der Waals surface area contributed by atoms with Gasteiger partial charge in [0.25, 0.3) is 0 Å². The number of nitrogens with zero attached hydrogens (tertiary/aromatic N) is 1. The Kier molecular flexibility index (Phi) is 3.66. The zero-order chi connectivity index (χ0) is 13.9. The van der Waals surface area contributed by atoms with Gasteiger partial charge in [-0.3, -0.25) is 10.1 Å². The number of anilines is 1. The monoisotopic (exact) mass is 348 g/mol. The lowest BCUT2D eigenvalue weighted by atomic mass is 10.2. The van der Waals surface area contributed by atoms with E-state index in [1.54, 1.807) is 17.7 Å². The van der Waals surface area contributed by atoms with Crippen LogP contribution in [0, 0.1) is 0 Å². The van der Waals surface area contributed by atoms with Crippen molar-refractivity contribution in [3.8, 4) is 0 Å². The smallest absolute Gasteiger partial charge is 0.250 e. The van der Waals surface area contributed by atoms with Crippen LogP contribution < -0.4 is 5.32 Å². The van der Waals surface area contributed by atoms with E-state index in [9.17, 15) is 4.79 Å². The number of nitrogens with one attached hydrogen (secondary N) is 1. The van der Waals surface area contributed by atoms with Gasteiger partial charge in [-0.25, -0.2) is 4.98 Å². The topological polar surface area (TPSA) is 55.1 Å². The minimum Gasteiger partial charge on any atom is -0.457 e. The highest BCUT2D eigenvalue weighted by molar-refractivity contribution is 9.10. The van der Waals surface area contributed by atoms with Crippen LogP contribution in [0.4, 0.5) is 5.13 Å². The number of rotatable bonds is 3. The summed E-state index contributed by atoms with van der Waals surface area (Å²) in [4.78, 5) is 15.7. The third kappa shape index (κ3) is 2.97. The largest absolute Gasteiger partial charge is 0.457 e. The molecule has 0 fully saturated rings. The molecule has 2 aromatic heterocycles. The number of benzene rings is 1. The number of carbonyl (C=O) groups is 1. The number of hydrogen-bond donors (Lipinski definition) is 1. The number of hydrogen-bond acceptors (Lipinski definition) is 4. The Balaban J connectivity index is 1.75. The third-order valence-electron chi connectivity index (χ3n) is 2.56. The number of halogens is 1. The van der Waals surface area contributed by atoms with Gasteiger partial charge in [0.1, 0.15) is 11.3 Å². The standard InChI is InChI=1S/C14H9BrN2O2S/c15-10-1-3-12-9(7-10)8-11(19-12)2-4-13(18)17-14-16-5-6-20-14/h1-8H,(H,16,17,18). The molecule has 1 aromatic carbocycles. The van der Waals surface area contributed by atoms with Gasteiger partial charge < -0.3 is 4.42 Å². The van der Waals surface area contributed by atoms with Crippen molar-refractivity contribution in [2.24, 2.45) is 0 Å². The summed E-state index contributed by atoms with van der Waals surface area (Å²) >= 11 is 4.78. The highest BCUT2D eigenvalue weighted by Crippen LogP contribution is 2.24. The predicted molar refractivity (Wildman–Crippen MR) is 83.7 cm³/mol. The van der Waals surface area contributed by atoms with Gasteiger partial charge in [0.2, 0.25) is 5.91 Å².